The van der Waals surface area contributed by atoms with Crippen LogP contribution in [0.3, 0.4) is 0 Å². The van der Waals surface area contributed by atoms with Crippen molar-refractivity contribution in [1.82, 2.24) is 10.2 Å². The molecule has 0 radical (unpaired) electrons. The number of nitrogens with one attached hydrogen (secondary N) is 2. The molecule has 1 amide bonds. The fourth-order valence-corrected chi connectivity index (χ4v) is 3.67. The van der Waals surface area contributed by atoms with E-state index in [1.165, 1.54) is 5.56 Å². The molecule has 0 saturated carbocycles. The molecule has 0 unspecified atom stereocenters. The Morgan fingerprint density at radius 1 is 1.00 bits per heavy atom. The second-order valence-corrected chi connectivity index (χ2v) is 7.80. The van der Waals surface area contributed by atoms with Crippen LogP contribution in [0.1, 0.15) is 41.6 Å². The highest BCUT2D eigenvalue weighted by Crippen LogP contribution is 2.13. The minimum Gasteiger partial charge on any atom is -0.325 e. The van der Waals surface area contributed by atoms with Gasteiger partial charge < -0.3 is 15.5 Å². The van der Waals surface area contributed by atoms with Crippen molar-refractivity contribution < 1.29 is 9.59 Å². The van der Waals surface area contributed by atoms with Gasteiger partial charge in [0, 0.05) is 23.7 Å². The first-order chi connectivity index (χ1) is 14.1. The molecular formula is C24H31N3O2. The Labute approximate surface area is 173 Å². The molecular weight excluding hydrogens is 362 g/mol. The van der Waals surface area contributed by atoms with Gasteiger partial charge in [0.2, 0.25) is 5.91 Å². The van der Waals surface area contributed by atoms with E-state index in [0.717, 1.165) is 50.1 Å². The van der Waals surface area contributed by atoms with Crippen LogP contribution >= 0.6 is 0 Å². The maximum Gasteiger partial charge on any atom is 0.238 e. The molecule has 0 atom stereocenters. The minimum atomic E-state index is -0.00397. The Bertz CT molecular complexity index is 782. The number of rotatable bonds is 9. The third kappa shape index (κ3) is 7.11. The fourth-order valence-electron chi connectivity index (χ4n) is 3.67. The lowest BCUT2D eigenvalue weighted by Gasteiger charge is -2.32. The van der Waals surface area contributed by atoms with Crippen molar-refractivity contribution >= 4 is 17.4 Å². The Morgan fingerprint density at radius 2 is 1.69 bits per heavy atom. The summed E-state index contributed by atoms with van der Waals surface area (Å²) in [5, 5.41) is 6.30. The molecule has 1 heterocycles. The zero-order chi connectivity index (χ0) is 20.5. The predicted octanol–water partition coefficient (Wildman–Crippen LogP) is 3.65. The molecule has 2 aromatic rings. The van der Waals surface area contributed by atoms with E-state index in [4.69, 9.17) is 0 Å². The number of likely N-dealkylation sites (tertiary alicyclic amines) is 1. The Balaban J connectivity index is 1.28. The normalized spacial score (nSPS) is 15.2. The van der Waals surface area contributed by atoms with Crippen LogP contribution in [0.25, 0.3) is 0 Å². The first-order valence-electron chi connectivity index (χ1n) is 10.5. The van der Waals surface area contributed by atoms with E-state index in [1.807, 2.05) is 61.5 Å². The summed E-state index contributed by atoms with van der Waals surface area (Å²) < 4.78 is 0. The van der Waals surface area contributed by atoms with Crippen molar-refractivity contribution in [3.05, 3.63) is 65.7 Å². The molecule has 29 heavy (non-hydrogen) atoms. The summed E-state index contributed by atoms with van der Waals surface area (Å²) in [4.78, 5) is 26.7. The number of nitrogens with zero attached hydrogens (tertiary/aromatic N) is 1. The molecule has 2 N–H and O–H groups in total. The molecule has 5 nitrogen and oxygen atoms in total. The Morgan fingerprint density at radius 3 is 2.38 bits per heavy atom. The topological polar surface area (TPSA) is 61.4 Å². The number of hydrogen-bond donors (Lipinski definition) is 2. The second kappa shape index (κ2) is 10.9. The summed E-state index contributed by atoms with van der Waals surface area (Å²) in [5.41, 5.74) is 2.82. The van der Waals surface area contributed by atoms with Gasteiger partial charge in [0.15, 0.2) is 5.78 Å². The van der Waals surface area contributed by atoms with Crippen LogP contribution in [0.2, 0.25) is 0 Å². The lowest BCUT2D eigenvalue weighted by molar-refractivity contribution is -0.115. The van der Waals surface area contributed by atoms with E-state index in [0.29, 0.717) is 19.0 Å². The van der Waals surface area contributed by atoms with Crippen molar-refractivity contribution in [3.63, 3.8) is 0 Å². The van der Waals surface area contributed by atoms with Gasteiger partial charge in [-0.2, -0.15) is 0 Å². The van der Waals surface area contributed by atoms with Gasteiger partial charge in [-0.1, -0.05) is 48.0 Å². The summed E-state index contributed by atoms with van der Waals surface area (Å²) in [5.74, 6) is 0.220. The Hall–Kier alpha value is -2.50. The number of piperidine rings is 1. The minimum absolute atomic E-state index is 0.00397. The van der Waals surface area contributed by atoms with Gasteiger partial charge in [0.25, 0.3) is 0 Å². The zero-order valence-electron chi connectivity index (χ0n) is 17.2. The molecule has 0 aromatic heterocycles. The van der Waals surface area contributed by atoms with Gasteiger partial charge in [0.05, 0.1) is 6.54 Å². The Kier molecular flexibility index (Phi) is 7.96. The summed E-state index contributed by atoms with van der Waals surface area (Å²) in [6.07, 6.45) is 3.56. The molecule has 0 spiro atoms. The van der Waals surface area contributed by atoms with E-state index in [2.05, 4.69) is 15.5 Å². The van der Waals surface area contributed by atoms with E-state index in [9.17, 15) is 9.59 Å². The molecule has 2 aromatic carbocycles. The van der Waals surface area contributed by atoms with Gasteiger partial charge in [-0.3, -0.25) is 9.59 Å². The summed E-state index contributed by atoms with van der Waals surface area (Å²) in [6, 6.07) is 17.7. The molecule has 1 fully saturated rings. The maximum atomic E-state index is 12.2. The number of anilines is 1. The second-order valence-electron chi connectivity index (χ2n) is 7.80. The van der Waals surface area contributed by atoms with Gasteiger partial charge >= 0.3 is 0 Å². The average molecular weight is 394 g/mol. The summed E-state index contributed by atoms with van der Waals surface area (Å²) in [6.45, 7) is 5.34. The maximum absolute atomic E-state index is 12.2. The van der Waals surface area contributed by atoms with E-state index >= 15 is 0 Å². The predicted molar refractivity (Wildman–Crippen MR) is 117 cm³/mol. The van der Waals surface area contributed by atoms with Crippen molar-refractivity contribution in [3.8, 4) is 0 Å². The van der Waals surface area contributed by atoms with E-state index in [1.54, 1.807) is 0 Å². The van der Waals surface area contributed by atoms with E-state index in [-0.39, 0.29) is 11.7 Å². The number of carbonyl (C=O) groups excluding carboxylic acids is 2. The average Bonchev–Trinajstić information content (AvgIpc) is 2.75. The number of benzene rings is 2. The number of hydrogen-bond acceptors (Lipinski definition) is 4. The third-order valence-electron chi connectivity index (χ3n) is 5.45. The van der Waals surface area contributed by atoms with Crippen LogP contribution in [0.5, 0.6) is 0 Å². The first kappa shape index (κ1) is 21.2. The van der Waals surface area contributed by atoms with Crippen LogP contribution in [-0.4, -0.2) is 48.8 Å². The summed E-state index contributed by atoms with van der Waals surface area (Å²) in [7, 11) is 0. The van der Waals surface area contributed by atoms with Crippen molar-refractivity contribution in [1.29, 1.82) is 0 Å². The largest absolute Gasteiger partial charge is 0.325 e. The smallest absolute Gasteiger partial charge is 0.238 e. The number of Topliss-reactive ketones (excluding diaryl/α,β-unsaturated/α-hetero) is 1. The molecule has 1 saturated heterocycles. The SMILES string of the molecule is Cc1ccc(NC(=O)CNC2CCN(CCCC(=O)c3ccccc3)CC2)cc1. The lowest BCUT2D eigenvalue weighted by atomic mass is 10.0. The number of amides is 1. The van der Waals surface area contributed by atoms with E-state index < -0.39 is 0 Å². The number of aryl methyl sites for hydroxylation is 1. The molecule has 154 valence electrons. The lowest BCUT2D eigenvalue weighted by Crippen LogP contribution is -2.45. The van der Waals surface area contributed by atoms with Crippen molar-refractivity contribution in [2.75, 3.05) is 31.5 Å². The van der Waals surface area contributed by atoms with Gasteiger partial charge in [-0.25, -0.2) is 0 Å². The van der Waals surface area contributed by atoms with Crippen LogP contribution < -0.4 is 10.6 Å². The summed E-state index contributed by atoms with van der Waals surface area (Å²) >= 11 is 0. The molecule has 5 heteroatoms. The molecule has 0 bridgehead atoms. The van der Waals surface area contributed by atoms with Crippen LogP contribution in [0, 0.1) is 6.92 Å². The standard InChI is InChI=1S/C24H31N3O2/c1-19-9-11-22(12-10-19)26-24(29)18-25-21-13-16-27(17-14-21)15-5-8-23(28)20-6-3-2-4-7-20/h2-4,6-7,9-12,21,25H,5,8,13-18H2,1H3,(H,26,29). The van der Waals surface area contributed by atoms with Gasteiger partial charge in [-0.15, -0.1) is 0 Å². The van der Waals surface area contributed by atoms with Crippen LogP contribution in [-0.2, 0) is 4.79 Å². The zero-order valence-corrected chi connectivity index (χ0v) is 17.2. The first-order valence-corrected chi connectivity index (χ1v) is 10.5. The molecule has 1 aliphatic rings. The van der Waals surface area contributed by atoms with Crippen molar-refractivity contribution in [2.45, 2.75) is 38.6 Å². The highest BCUT2D eigenvalue weighted by Gasteiger charge is 2.19. The molecule has 3 rings (SSSR count). The number of carbonyl (C=O) groups is 2. The van der Waals surface area contributed by atoms with Crippen molar-refractivity contribution in [2.24, 2.45) is 0 Å². The molecule has 1 aliphatic heterocycles. The van der Waals surface area contributed by atoms with Crippen LogP contribution in [0.4, 0.5) is 5.69 Å². The third-order valence-corrected chi connectivity index (χ3v) is 5.45. The molecule has 0 aliphatic carbocycles. The highest BCUT2D eigenvalue weighted by atomic mass is 16.2. The monoisotopic (exact) mass is 393 g/mol. The highest BCUT2D eigenvalue weighted by molar-refractivity contribution is 5.96. The quantitative estimate of drug-likeness (QED) is 0.639. The van der Waals surface area contributed by atoms with Crippen LogP contribution in [0.15, 0.2) is 54.6 Å². The van der Waals surface area contributed by atoms with Gasteiger partial charge in [-0.05, 0) is 58.0 Å². The fraction of sp³-hybridized carbons (Fsp3) is 0.417. The number of ketones is 1. The van der Waals surface area contributed by atoms with Gasteiger partial charge in [0.1, 0.15) is 0 Å².